The molecule has 1 nitrogen and oxygen atoms in total. The lowest BCUT2D eigenvalue weighted by Gasteiger charge is -2.12. The van der Waals surface area contributed by atoms with Crippen LogP contribution in [-0.2, 0) is 0 Å². The van der Waals surface area contributed by atoms with Crippen molar-refractivity contribution in [2.24, 2.45) is 11.7 Å². The monoisotopic (exact) mass is 187 g/mol. The van der Waals surface area contributed by atoms with E-state index >= 15 is 0 Å². The first-order valence-corrected chi connectivity index (χ1v) is 6.14. The van der Waals surface area contributed by atoms with Gasteiger partial charge in [0.15, 0.2) is 0 Å². The third kappa shape index (κ3) is 3.36. The lowest BCUT2D eigenvalue weighted by atomic mass is 10.2. The van der Waals surface area contributed by atoms with E-state index in [-0.39, 0.29) is 0 Å². The Balaban J connectivity index is 2.07. The normalized spacial score (nSPS) is 32.2. The van der Waals surface area contributed by atoms with Crippen molar-refractivity contribution in [3.8, 4) is 0 Å². The fourth-order valence-electron chi connectivity index (χ4n) is 1.54. The van der Waals surface area contributed by atoms with Gasteiger partial charge in [-0.25, -0.2) is 0 Å². The zero-order chi connectivity index (χ0) is 8.97. The summed E-state index contributed by atoms with van der Waals surface area (Å²) in [4.78, 5) is 0. The van der Waals surface area contributed by atoms with Crippen LogP contribution in [-0.4, -0.2) is 17.0 Å². The van der Waals surface area contributed by atoms with E-state index in [1.165, 1.54) is 31.4 Å². The summed E-state index contributed by atoms with van der Waals surface area (Å²) in [6, 6.07) is 0.499. The largest absolute Gasteiger partial charge is 0.328 e. The number of thioether (sulfide) groups is 1. The smallest absolute Gasteiger partial charge is 0.00624 e. The van der Waals surface area contributed by atoms with E-state index < -0.39 is 0 Å². The van der Waals surface area contributed by atoms with E-state index in [1.807, 2.05) is 0 Å². The van der Waals surface area contributed by atoms with E-state index in [0.717, 1.165) is 11.2 Å². The first-order valence-electron chi connectivity index (χ1n) is 5.09. The van der Waals surface area contributed by atoms with E-state index in [0.29, 0.717) is 6.04 Å². The Kier molecular flexibility index (Phi) is 4.44. The summed E-state index contributed by atoms with van der Waals surface area (Å²) in [6.07, 6.45) is 5.16. The van der Waals surface area contributed by atoms with Gasteiger partial charge >= 0.3 is 0 Å². The molecule has 0 aromatic carbocycles. The van der Waals surface area contributed by atoms with Crippen LogP contribution >= 0.6 is 11.8 Å². The van der Waals surface area contributed by atoms with Crippen molar-refractivity contribution in [3.63, 3.8) is 0 Å². The lowest BCUT2D eigenvalue weighted by Crippen LogP contribution is -2.15. The van der Waals surface area contributed by atoms with Gasteiger partial charge in [-0.2, -0.15) is 11.8 Å². The van der Waals surface area contributed by atoms with Crippen LogP contribution in [0.3, 0.4) is 0 Å². The molecule has 0 aliphatic heterocycles. The quantitative estimate of drug-likeness (QED) is 0.732. The highest BCUT2D eigenvalue weighted by molar-refractivity contribution is 7.99. The average molecular weight is 187 g/mol. The maximum atomic E-state index is 5.85. The van der Waals surface area contributed by atoms with Gasteiger partial charge in [0.25, 0.3) is 0 Å². The standard InChI is InChI=1S/C10H21NS/c1-3-8(2)7-12-10-5-4-9(11)6-10/h8-10H,3-7,11H2,1-2H3. The predicted molar refractivity (Wildman–Crippen MR) is 57.5 cm³/mol. The summed E-state index contributed by atoms with van der Waals surface area (Å²) in [5, 5.41) is 0.869. The SMILES string of the molecule is CCC(C)CSC1CCC(N)C1. The van der Waals surface area contributed by atoms with Crippen LogP contribution < -0.4 is 5.73 Å². The predicted octanol–water partition coefficient (Wildman–Crippen LogP) is 2.65. The van der Waals surface area contributed by atoms with Gasteiger partial charge in [-0.3, -0.25) is 0 Å². The minimum atomic E-state index is 0.499. The van der Waals surface area contributed by atoms with Gasteiger partial charge in [0.2, 0.25) is 0 Å². The Morgan fingerprint density at radius 1 is 1.50 bits per heavy atom. The summed E-state index contributed by atoms with van der Waals surface area (Å²) in [7, 11) is 0. The highest BCUT2D eigenvalue weighted by Gasteiger charge is 2.21. The van der Waals surface area contributed by atoms with Crippen LogP contribution in [0, 0.1) is 5.92 Å². The average Bonchev–Trinajstić information content (AvgIpc) is 2.47. The molecule has 0 aromatic rings. The maximum Gasteiger partial charge on any atom is 0.00624 e. The molecule has 1 saturated carbocycles. The molecule has 0 bridgehead atoms. The highest BCUT2D eigenvalue weighted by atomic mass is 32.2. The zero-order valence-corrected chi connectivity index (χ0v) is 9.07. The maximum absolute atomic E-state index is 5.85. The molecule has 0 amide bonds. The van der Waals surface area contributed by atoms with Crippen molar-refractivity contribution in [2.45, 2.75) is 50.8 Å². The second-order valence-electron chi connectivity index (χ2n) is 4.04. The van der Waals surface area contributed by atoms with Crippen LogP contribution in [0.1, 0.15) is 39.5 Å². The number of rotatable bonds is 4. The van der Waals surface area contributed by atoms with Crippen LogP contribution in [0.25, 0.3) is 0 Å². The fraction of sp³-hybridized carbons (Fsp3) is 1.00. The van der Waals surface area contributed by atoms with Crippen molar-refractivity contribution in [2.75, 3.05) is 5.75 Å². The summed E-state index contributed by atoms with van der Waals surface area (Å²) < 4.78 is 0. The summed E-state index contributed by atoms with van der Waals surface area (Å²) in [6.45, 7) is 4.60. The van der Waals surface area contributed by atoms with Gasteiger partial charge in [-0.15, -0.1) is 0 Å². The van der Waals surface area contributed by atoms with Gasteiger partial charge in [0, 0.05) is 11.3 Å². The Morgan fingerprint density at radius 3 is 2.75 bits per heavy atom. The van der Waals surface area contributed by atoms with Crippen LogP contribution in [0.5, 0.6) is 0 Å². The number of nitrogens with two attached hydrogens (primary N) is 1. The molecule has 0 spiro atoms. The molecule has 72 valence electrons. The van der Waals surface area contributed by atoms with Gasteiger partial charge < -0.3 is 5.73 Å². The van der Waals surface area contributed by atoms with E-state index in [4.69, 9.17) is 5.73 Å². The van der Waals surface area contributed by atoms with Gasteiger partial charge in [-0.05, 0) is 30.9 Å². The summed E-state index contributed by atoms with van der Waals surface area (Å²) >= 11 is 2.14. The molecular formula is C10H21NS. The molecule has 3 atom stereocenters. The molecule has 0 radical (unpaired) electrons. The van der Waals surface area contributed by atoms with Crippen LogP contribution in [0.4, 0.5) is 0 Å². The molecule has 1 rings (SSSR count). The molecule has 2 N–H and O–H groups in total. The topological polar surface area (TPSA) is 26.0 Å². The molecule has 12 heavy (non-hydrogen) atoms. The van der Waals surface area contributed by atoms with E-state index in [9.17, 15) is 0 Å². The summed E-state index contributed by atoms with van der Waals surface area (Å²) in [5.74, 6) is 2.21. The summed E-state index contributed by atoms with van der Waals surface area (Å²) in [5.41, 5.74) is 5.85. The Morgan fingerprint density at radius 2 is 2.25 bits per heavy atom. The van der Waals surface area contributed by atoms with Gasteiger partial charge in [0.1, 0.15) is 0 Å². The highest BCUT2D eigenvalue weighted by Crippen LogP contribution is 2.30. The molecule has 3 unspecified atom stereocenters. The van der Waals surface area contributed by atoms with Gasteiger partial charge in [0.05, 0.1) is 0 Å². The molecule has 0 heterocycles. The first-order chi connectivity index (χ1) is 5.72. The molecule has 1 aliphatic rings. The van der Waals surface area contributed by atoms with E-state index in [2.05, 4.69) is 25.6 Å². The van der Waals surface area contributed by atoms with Crippen molar-refractivity contribution in [1.29, 1.82) is 0 Å². The number of hydrogen-bond acceptors (Lipinski definition) is 2. The first kappa shape index (κ1) is 10.4. The number of hydrogen-bond donors (Lipinski definition) is 1. The second-order valence-corrected chi connectivity index (χ2v) is 5.38. The third-order valence-corrected chi connectivity index (χ3v) is 4.40. The van der Waals surface area contributed by atoms with Crippen molar-refractivity contribution in [3.05, 3.63) is 0 Å². The molecule has 0 aromatic heterocycles. The zero-order valence-electron chi connectivity index (χ0n) is 8.25. The van der Waals surface area contributed by atoms with Crippen molar-refractivity contribution in [1.82, 2.24) is 0 Å². The molecule has 1 fully saturated rings. The molecule has 2 heteroatoms. The van der Waals surface area contributed by atoms with Crippen molar-refractivity contribution >= 4 is 11.8 Å². The molecule has 0 saturated heterocycles. The molecule has 1 aliphatic carbocycles. The van der Waals surface area contributed by atoms with Gasteiger partial charge in [-0.1, -0.05) is 20.3 Å². The molecular weight excluding hydrogens is 166 g/mol. The van der Waals surface area contributed by atoms with Crippen LogP contribution in [0.2, 0.25) is 0 Å². The van der Waals surface area contributed by atoms with Crippen LogP contribution in [0.15, 0.2) is 0 Å². The van der Waals surface area contributed by atoms with E-state index in [1.54, 1.807) is 0 Å². The fourth-order valence-corrected chi connectivity index (χ4v) is 3.07. The lowest BCUT2D eigenvalue weighted by molar-refractivity contribution is 0.634. The Bertz CT molecular complexity index is 127. The third-order valence-electron chi connectivity index (χ3n) is 2.74. The second kappa shape index (κ2) is 5.13. The van der Waals surface area contributed by atoms with Crippen molar-refractivity contribution < 1.29 is 0 Å². The minimum absolute atomic E-state index is 0.499. The minimum Gasteiger partial charge on any atom is -0.328 e. The Labute approximate surface area is 80.5 Å². The Hall–Kier alpha value is 0.310.